The lowest BCUT2D eigenvalue weighted by atomic mass is 10.1. The van der Waals surface area contributed by atoms with E-state index in [1.54, 1.807) is 0 Å². The molecule has 2 heteroatoms. The van der Waals surface area contributed by atoms with Crippen molar-refractivity contribution >= 4 is 16.9 Å². The van der Waals surface area contributed by atoms with Crippen LogP contribution in [0.2, 0.25) is 0 Å². The van der Waals surface area contributed by atoms with E-state index in [9.17, 15) is 0 Å². The van der Waals surface area contributed by atoms with Gasteiger partial charge >= 0.3 is 0 Å². The smallest absolute Gasteiger partial charge is 0.0561 e. The summed E-state index contributed by atoms with van der Waals surface area (Å²) < 4.78 is 0. The number of hydrogen-bond acceptors (Lipinski definition) is 1. The van der Waals surface area contributed by atoms with Crippen LogP contribution >= 0.6 is 0 Å². The minimum atomic E-state index is 1.06. The van der Waals surface area contributed by atoms with Crippen LogP contribution in [0, 0.1) is 0 Å². The normalized spacial score (nSPS) is 9.93. The Balaban J connectivity index is 2.22. The van der Waals surface area contributed by atoms with E-state index in [1.165, 1.54) is 0 Å². The highest BCUT2D eigenvalue weighted by molar-refractivity contribution is 5.68. The summed E-state index contributed by atoms with van der Waals surface area (Å²) in [5.41, 5.74) is 4.38. The molecule has 0 saturated carbocycles. The molecule has 2 N–H and O–H groups in total. The fraction of sp³-hybridized carbons (Fsp3) is 0.0769. The van der Waals surface area contributed by atoms with Gasteiger partial charge in [0.1, 0.15) is 0 Å². The zero-order valence-electron chi connectivity index (χ0n) is 8.75. The van der Waals surface area contributed by atoms with Crippen LogP contribution in [0.15, 0.2) is 49.3 Å². The van der Waals surface area contributed by atoms with Crippen LogP contribution < -0.4 is 5.32 Å². The molecule has 2 aromatic rings. The molecule has 2 rings (SSSR count). The van der Waals surface area contributed by atoms with Crippen LogP contribution in [0.3, 0.4) is 0 Å². The molecule has 15 heavy (non-hydrogen) atoms. The molecule has 0 spiro atoms. The molecule has 76 valence electrons. The summed E-state index contributed by atoms with van der Waals surface area (Å²) in [6.45, 7) is 5.94. The Morgan fingerprint density at radius 1 is 1.27 bits per heavy atom. The zero-order chi connectivity index (χ0) is 10.7. The molecule has 0 bridgehead atoms. The Morgan fingerprint density at radius 3 is 2.80 bits per heavy atom. The maximum Gasteiger partial charge on any atom is 0.0561 e. The molecule has 0 unspecified atom stereocenters. The summed E-state index contributed by atoms with van der Waals surface area (Å²) >= 11 is 0. The van der Waals surface area contributed by atoms with Crippen molar-refractivity contribution in [2.24, 2.45) is 0 Å². The Kier molecular flexibility index (Phi) is 2.59. The molecule has 0 radical (unpaired) electrons. The van der Waals surface area contributed by atoms with Crippen LogP contribution in [-0.4, -0.2) is 4.98 Å². The molecule has 1 aromatic heterocycles. The number of anilines is 2. The minimum absolute atomic E-state index is 1.06. The van der Waals surface area contributed by atoms with E-state index in [-0.39, 0.29) is 0 Å². The number of allylic oxidation sites excluding steroid dienone is 1. The largest absolute Gasteiger partial charge is 0.366 e. The maximum absolute atomic E-state index is 3.93. The van der Waals surface area contributed by atoms with Crippen LogP contribution in [0.4, 0.5) is 11.4 Å². The summed E-state index contributed by atoms with van der Waals surface area (Å²) in [4.78, 5) is 3.01. The van der Waals surface area contributed by atoms with Gasteiger partial charge < -0.3 is 10.3 Å². The molecule has 0 atom stereocenters. The number of nitrogens with one attached hydrogen (secondary N) is 2. The van der Waals surface area contributed by atoms with Gasteiger partial charge in [-0.3, -0.25) is 0 Å². The van der Waals surface area contributed by atoms with Gasteiger partial charge in [0.05, 0.1) is 5.69 Å². The lowest BCUT2D eigenvalue weighted by Gasteiger charge is -2.06. The number of rotatable bonds is 3. The lowest BCUT2D eigenvalue weighted by Crippen LogP contribution is -1.89. The van der Waals surface area contributed by atoms with Crippen molar-refractivity contribution in [3.63, 3.8) is 0 Å². The average Bonchev–Trinajstić information content (AvgIpc) is 2.71. The van der Waals surface area contributed by atoms with Gasteiger partial charge in [-0.05, 0) is 30.7 Å². The van der Waals surface area contributed by atoms with Gasteiger partial charge in [0.2, 0.25) is 0 Å². The molecule has 0 amide bonds. The summed E-state index contributed by atoms with van der Waals surface area (Å²) in [6.07, 6.45) is 3.82. The Labute approximate surface area is 89.7 Å². The molecule has 0 fully saturated rings. The molecule has 0 aliphatic heterocycles. The Morgan fingerprint density at radius 2 is 2.13 bits per heavy atom. The number of hydrogen-bond donors (Lipinski definition) is 2. The maximum atomic E-state index is 3.93. The summed E-state index contributed by atoms with van der Waals surface area (Å²) in [7, 11) is 0. The fourth-order valence-corrected chi connectivity index (χ4v) is 1.43. The second kappa shape index (κ2) is 4.05. The Bertz CT molecular complexity index is 455. The van der Waals surface area contributed by atoms with Crippen molar-refractivity contribution in [1.82, 2.24) is 4.98 Å². The first kappa shape index (κ1) is 9.59. The van der Waals surface area contributed by atoms with Crippen LogP contribution in [-0.2, 0) is 0 Å². The molecule has 0 aliphatic carbocycles. The van der Waals surface area contributed by atoms with E-state index in [0.717, 1.165) is 22.5 Å². The number of aromatic nitrogens is 1. The van der Waals surface area contributed by atoms with Gasteiger partial charge in [-0.2, -0.15) is 0 Å². The quantitative estimate of drug-likeness (QED) is 0.771. The van der Waals surface area contributed by atoms with Crippen LogP contribution in [0.5, 0.6) is 0 Å². The van der Waals surface area contributed by atoms with Crippen molar-refractivity contribution < 1.29 is 0 Å². The van der Waals surface area contributed by atoms with Gasteiger partial charge in [0.25, 0.3) is 0 Å². The molecule has 0 aliphatic rings. The van der Waals surface area contributed by atoms with Crippen molar-refractivity contribution in [2.45, 2.75) is 6.92 Å². The van der Waals surface area contributed by atoms with Gasteiger partial charge in [0, 0.05) is 18.1 Å². The highest BCUT2D eigenvalue weighted by atomic mass is 14.9. The number of aromatic amines is 1. The predicted molar refractivity (Wildman–Crippen MR) is 65.2 cm³/mol. The first-order chi connectivity index (χ1) is 7.25. The summed E-state index contributed by atoms with van der Waals surface area (Å²) in [6, 6.07) is 10.2. The Hall–Kier alpha value is -1.96. The average molecular weight is 198 g/mol. The third-order valence-corrected chi connectivity index (χ3v) is 2.24. The van der Waals surface area contributed by atoms with E-state index in [1.807, 2.05) is 37.5 Å². The highest BCUT2D eigenvalue weighted by Crippen LogP contribution is 2.20. The molecule has 0 saturated heterocycles. The van der Waals surface area contributed by atoms with Gasteiger partial charge in [-0.25, -0.2) is 0 Å². The van der Waals surface area contributed by atoms with Crippen molar-refractivity contribution in [3.8, 4) is 0 Å². The monoisotopic (exact) mass is 198 g/mol. The minimum Gasteiger partial charge on any atom is -0.366 e. The highest BCUT2D eigenvalue weighted by Gasteiger charge is 1.97. The first-order valence-corrected chi connectivity index (χ1v) is 4.91. The number of H-pyrrole nitrogens is 1. The second-order valence-corrected chi connectivity index (χ2v) is 3.59. The summed E-state index contributed by atoms with van der Waals surface area (Å²) in [5.74, 6) is 0. The van der Waals surface area contributed by atoms with E-state index >= 15 is 0 Å². The number of benzene rings is 1. The first-order valence-electron chi connectivity index (χ1n) is 4.91. The van der Waals surface area contributed by atoms with E-state index in [4.69, 9.17) is 0 Å². The zero-order valence-corrected chi connectivity index (χ0v) is 8.75. The third-order valence-electron chi connectivity index (χ3n) is 2.24. The topological polar surface area (TPSA) is 27.8 Å². The molecule has 1 aromatic carbocycles. The lowest BCUT2D eigenvalue weighted by molar-refractivity contribution is 1.41. The molecular formula is C13H14N2. The SMILES string of the molecule is C=C(C)c1cccc(Nc2cc[nH]c2)c1. The standard InChI is InChI=1S/C13H14N2/c1-10(2)11-4-3-5-12(8-11)15-13-6-7-14-9-13/h3-9,14-15H,1H2,2H3. The van der Waals surface area contributed by atoms with Crippen molar-refractivity contribution in [1.29, 1.82) is 0 Å². The van der Waals surface area contributed by atoms with Crippen LogP contribution in [0.25, 0.3) is 5.57 Å². The van der Waals surface area contributed by atoms with Gasteiger partial charge in [-0.1, -0.05) is 24.3 Å². The third kappa shape index (κ3) is 2.29. The van der Waals surface area contributed by atoms with E-state index < -0.39 is 0 Å². The van der Waals surface area contributed by atoms with Crippen molar-refractivity contribution in [3.05, 3.63) is 54.9 Å². The predicted octanol–water partition coefficient (Wildman–Crippen LogP) is 3.79. The van der Waals surface area contributed by atoms with Gasteiger partial charge in [-0.15, -0.1) is 0 Å². The fourth-order valence-electron chi connectivity index (χ4n) is 1.43. The second-order valence-electron chi connectivity index (χ2n) is 3.59. The van der Waals surface area contributed by atoms with E-state index in [2.05, 4.69) is 29.0 Å². The van der Waals surface area contributed by atoms with E-state index in [0.29, 0.717) is 0 Å². The van der Waals surface area contributed by atoms with Crippen molar-refractivity contribution in [2.75, 3.05) is 5.32 Å². The molecule has 2 nitrogen and oxygen atoms in total. The molecule has 1 heterocycles. The molecular weight excluding hydrogens is 184 g/mol. The van der Waals surface area contributed by atoms with Crippen LogP contribution in [0.1, 0.15) is 12.5 Å². The summed E-state index contributed by atoms with van der Waals surface area (Å²) in [5, 5.41) is 3.31. The van der Waals surface area contributed by atoms with Gasteiger partial charge in [0.15, 0.2) is 0 Å².